The molecule has 2 aliphatic rings. The molecule has 0 radical (unpaired) electrons. The molecule has 118 valence electrons. The second-order valence-electron chi connectivity index (χ2n) is 5.74. The Morgan fingerprint density at radius 3 is 2.73 bits per heavy atom. The standard InChI is InChI=1S/C14H16N2O6/c1-4-14(7-17)10-9(20-13(2,3)21-10)11(22-14)16-6-5-8(18)15-12(16)19/h1,5-6,9-11,17H,7H2,2-3H3,(H,15,18,19)/t9-,10+,11?,14?/m1/s1. The summed E-state index contributed by atoms with van der Waals surface area (Å²) in [4.78, 5) is 25.3. The second kappa shape index (κ2) is 4.79. The summed E-state index contributed by atoms with van der Waals surface area (Å²) in [6, 6.07) is 1.19. The maximum atomic E-state index is 12.0. The number of H-pyrrole nitrogens is 1. The van der Waals surface area contributed by atoms with Gasteiger partial charge in [0.25, 0.3) is 5.56 Å². The molecule has 2 fully saturated rings. The van der Waals surface area contributed by atoms with Gasteiger partial charge in [0.2, 0.25) is 0 Å². The van der Waals surface area contributed by atoms with Gasteiger partial charge in [-0.25, -0.2) is 4.79 Å². The zero-order chi connectivity index (χ0) is 16.1. The molecule has 3 rings (SSSR count). The van der Waals surface area contributed by atoms with Crippen LogP contribution in [0, 0.1) is 12.3 Å². The summed E-state index contributed by atoms with van der Waals surface area (Å²) in [5.74, 6) is 1.47. The van der Waals surface area contributed by atoms with Crippen LogP contribution >= 0.6 is 0 Å². The molecule has 0 aromatic carbocycles. The lowest BCUT2D eigenvalue weighted by molar-refractivity contribution is -0.214. The van der Waals surface area contributed by atoms with E-state index in [0.29, 0.717) is 0 Å². The number of aromatic amines is 1. The van der Waals surface area contributed by atoms with E-state index >= 15 is 0 Å². The maximum Gasteiger partial charge on any atom is 0.330 e. The van der Waals surface area contributed by atoms with E-state index in [4.69, 9.17) is 20.6 Å². The molecule has 2 unspecified atom stereocenters. The van der Waals surface area contributed by atoms with Crippen LogP contribution in [-0.4, -0.2) is 44.9 Å². The van der Waals surface area contributed by atoms with E-state index in [1.165, 1.54) is 16.8 Å². The molecular weight excluding hydrogens is 292 g/mol. The third kappa shape index (κ3) is 2.10. The minimum atomic E-state index is -1.42. The smallest absolute Gasteiger partial charge is 0.330 e. The lowest BCUT2D eigenvalue weighted by atomic mass is 9.97. The molecule has 1 aromatic rings. The molecule has 1 aromatic heterocycles. The van der Waals surface area contributed by atoms with Gasteiger partial charge in [-0.05, 0) is 13.8 Å². The van der Waals surface area contributed by atoms with Crippen molar-refractivity contribution in [1.29, 1.82) is 0 Å². The van der Waals surface area contributed by atoms with Crippen LogP contribution in [0.3, 0.4) is 0 Å². The maximum absolute atomic E-state index is 12.0. The Labute approximate surface area is 125 Å². The Balaban J connectivity index is 2.08. The molecule has 3 heterocycles. The molecule has 8 heteroatoms. The summed E-state index contributed by atoms with van der Waals surface area (Å²) in [5.41, 5.74) is -2.60. The zero-order valence-corrected chi connectivity index (χ0v) is 12.1. The van der Waals surface area contributed by atoms with Gasteiger partial charge in [0.15, 0.2) is 17.6 Å². The fraction of sp³-hybridized carbons (Fsp3) is 0.571. The van der Waals surface area contributed by atoms with Crippen molar-refractivity contribution in [3.8, 4) is 12.3 Å². The van der Waals surface area contributed by atoms with Crippen LogP contribution in [-0.2, 0) is 14.2 Å². The molecule has 22 heavy (non-hydrogen) atoms. The van der Waals surface area contributed by atoms with Crippen molar-refractivity contribution in [2.45, 2.75) is 43.7 Å². The van der Waals surface area contributed by atoms with E-state index in [1.807, 2.05) is 0 Å². The monoisotopic (exact) mass is 308 g/mol. The number of fused-ring (bicyclic) bond motifs is 1. The Bertz CT molecular complexity index is 745. The number of nitrogens with zero attached hydrogens (tertiary/aromatic N) is 1. The highest BCUT2D eigenvalue weighted by Crippen LogP contribution is 2.47. The second-order valence-corrected chi connectivity index (χ2v) is 5.74. The van der Waals surface area contributed by atoms with Crippen molar-refractivity contribution in [2.75, 3.05) is 6.61 Å². The van der Waals surface area contributed by atoms with Gasteiger partial charge >= 0.3 is 5.69 Å². The molecule has 0 aliphatic carbocycles. The van der Waals surface area contributed by atoms with E-state index in [0.717, 1.165) is 0 Å². The van der Waals surface area contributed by atoms with Crippen LogP contribution in [0.4, 0.5) is 0 Å². The summed E-state index contributed by atoms with van der Waals surface area (Å²) in [6.45, 7) is 2.92. The van der Waals surface area contributed by atoms with Gasteiger partial charge in [0.1, 0.15) is 12.2 Å². The SMILES string of the molecule is C#CC1(CO)OC(n2ccc(=O)[nH]c2=O)[C@@H]2OC(C)(C)O[C@@H]21. The summed E-state index contributed by atoms with van der Waals surface area (Å²) in [6.07, 6.45) is 4.46. The normalized spacial score (nSPS) is 36.0. The number of terminal acetylenes is 1. The van der Waals surface area contributed by atoms with Gasteiger partial charge in [-0.2, -0.15) is 0 Å². The summed E-state index contributed by atoms with van der Waals surface area (Å²) >= 11 is 0. The fourth-order valence-electron chi connectivity index (χ4n) is 2.84. The molecule has 8 nitrogen and oxygen atoms in total. The van der Waals surface area contributed by atoms with Crippen molar-refractivity contribution in [3.05, 3.63) is 33.1 Å². The number of hydrogen-bond donors (Lipinski definition) is 2. The average molecular weight is 308 g/mol. The van der Waals surface area contributed by atoms with Crippen LogP contribution in [0.15, 0.2) is 21.9 Å². The first kappa shape index (κ1) is 15.0. The zero-order valence-electron chi connectivity index (χ0n) is 12.1. The average Bonchev–Trinajstić information content (AvgIpc) is 2.91. The summed E-state index contributed by atoms with van der Waals surface area (Å²) < 4.78 is 18.4. The summed E-state index contributed by atoms with van der Waals surface area (Å²) in [7, 11) is 0. The Morgan fingerprint density at radius 1 is 1.41 bits per heavy atom. The van der Waals surface area contributed by atoms with Gasteiger partial charge < -0.3 is 19.3 Å². The van der Waals surface area contributed by atoms with Gasteiger partial charge in [0, 0.05) is 12.3 Å². The molecule has 2 saturated heterocycles. The summed E-state index contributed by atoms with van der Waals surface area (Å²) in [5, 5.41) is 9.66. The predicted octanol–water partition coefficient (Wildman–Crippen LogP) is -1.05. The van der Waals surface area contributed by atoms with Crippen molar-refractivity contribution in [1.82, 2.24) is 9.55 Å². The van der Waals surface area contributed by atoms with Gasteiger partial charge in [-0.15, -0.1) is 6.42 Å². The van der Waals surface area contributed by atoms with Crippen molar-refractivity contribution in [3.63, 3.8) is 0 Å². The lowest BCUT2D eigenvalue weighted by Gasteiger charge is -2.29. The highest BCUT2D eigenvalue weighted by atomic mass is 16.8. The minimum Gasteiger partial charge on any atom is -0.392 e. The van der Waals surface area contributed by atoms with Crippen LogP contribution in [0.2, 0.25) is 0 Å². The number of aliphatic hydroxyl groups excluding tert-OH is 1. The molecule has 0 bridgehead atoms. The molecule has 4 atom stereocenters. The van der Waals surface area contributed by atoms with E-state index in [9.17, 15) is 14.7 Å². The van der Waals surface area contributed by atoms with Crippen LogP contribution in [0.5, 0.6) is 0 Å². The van der Waals surface area contributed by atoms with E-state index in [-0.39, 0.29) is 0 Å². The van der Waals surface area contributed by atoms with Gasteiger partial charge in [-0.1, -0.05) is 5.92 Å². The third-order valence-corrected chi connectivity index (χ3v) is 3.81. The largest absolute Gasteiger partial charge is 0.392 e. The predicted molar refractivity (Wildman–Crippen MR) is 73.9 cm³/mol. The Morgan fingerprint density at radius 2 is 2.14 bits per heavy atom. The lowest BCUT2D eigenvalue weighted by Crippen LogP contribution is -2.45. The highest BCUT2D eigenvalue weighted by Gasteiger charge is 2.63. The number of ether oxygens (including phenoxy) is 3. The molecule has 2 N–H and O–H groups in total. The molecule has 0 saturated carbocycles. The molecular formula is C14H16N2O6. The van der Waals surface area contributed by atoms with E-state index in [1.54, 1.807) is 13.8 Å². The number of aromatic nitrogens is 2. The Kier molecular flexibility index (Phi) is 3.27. The van der Waals surface area contributed by atoms with Crippen molar-refractivity contribution < 1.29 is 19.3 Å². The Hall–Kier alpha value is -1.92. The number of hydrogen-bond acceptors (Lipinski definition) is 6. The first-order valence-electron chi connectivity index (χ1n) is 6.75. The number of aliphatic hydroxyl groups is 1. The number of nitrogens with one attached hydrogen (secondary N) is 1. The van der Waals surface area contributed by atoms with Crippen molar-refractivity contribution >= 4 is 0 Å². The minimum absolute atomic E-state index is 0.487. The first-order valence-corrected chi connectivity index (χ1v) is 6.75. The van der Waals surface area contributed by atoms with Gasteiger partial charge in [-0.3, -0.25) is 14.3 Å². The molecule has 0 amide bonds. The number of rotatable bonds is 2. The third-order valence-electron chi connectivity index (χ3n) is 3.81. The van der Waals surface area contributed by atoms with E-state index < -0.39 is 47.7 Å². The van der Waals surface area contributed by atoms with Crippen LogP contribution in [0.25, 0.3) is 0 Å². The molecule has 0 spiro atoms. The van der Waals surface area contributed by atoms with Crippen LogP contribution in [0.1, 0.15) is 20.1 Å². The molecule has 2 aliphatic heterocycles. The van der Waals surface area contributed by atoms with Crippen molar-refractivity contribution in [2.24, 2.45) is 0 Å². The highest BCUT2D eigenvalue weighted by molar-refractivity contribution is 5.20. The topological polar surface area (TPSA) is 103 Å². The van der Waals surface area contributed by atoms with Gasteiger partial charge in [0.05, 0.1) is 6.61 Å². The quantitative estimate of drug-likeness (QED) is 0.676. The van der Waals surface area contributed by atoms with E-state index in [2.05, 4.69) is 10.9 Å². The fourth-order valence-corrected chi connectivity index (χ4v) is 2.84. The first-order chi connectivity index (χ1) is 10.3. The van der Waals surface area contributed by atoms with Crippen LogP contribution < -0.4 is 11.2 Å².